The number of nitrogens with one attached hydrogen (secondary N) is 1. The summed E-state index contributed by atoms with van der Waals surface area (Å²) >= 11 is 5.94. The van der Waals surface area contributed by atoms with Crippen LogP contribution in [0.3, 0.4) is 0 Å². The Bertz CT molecular complexity index is 497. The number of nitrogens with two attached hydrogens (primary N) is 1. The Morgan fingerprint density at radius 2 is 2.05 bits per heavy atom. The summed E-state index contributed by atoms with van der Waals surface area (Å²) in [6, 6.07) is 4.82. The number of esters is 1. The minimum atomic E-state index is -0.479. The number of piperidine rings is 1. The van der Waals surface area contributed by atoms with E-state index in [0.717, 1.165) is 25.9 Å². The lowest BCUT2D eigenvalue weighted by Gasteiger charge is -2.36. The maximum absolute atomic E-state index is 12.2. The van der Waals surface area contributed by atoms with Crippen LogP contribution < -0.4 is 11.1 Å². The fraction of sp³-hybridized carbons (Fsp3) is 0.533. The molecule has 1 heterocycles. The summed E-state index contributed by atoms with van der Waals surface area (Å²) in [7, 11) is 0. The Morgan fingerprint density at radius 1 is 1.40 bits per heavy atom. The predicted octanol–water partition coefficient (Wildman–Crippen LogP) is 2.86. The van der Waals surface area contributed by atoms with Gasteiger partial charge < -0.3 is 15.8 Å². The van der Waals surface area contributed by atoms with Gasteiger partial charge in [-0.15, -0.1) is 0 Å². The topological polar surface area (TPSA) is 64.3 Å². The van der Waals surface area contributed by atoms with Crippen LogP contribution in [0.5, 0.6) is 0 Å². The van der Waals surface area contributed by atoms with Gasteiger partial charge in [0.25, 0.3) is 0 Å². The fourth-order valence-electron chi connectivity index (χ4n) is 2.55. The Kier molecular flexibility index (Phi) is 4.55. The van der Waals surface area contributed by atoms with E-state index >= 15 is 0 Å². The van der Waals surface area contributed by atoms with E-state index in [0.29, 0.717) is 22.2 Å². The quantitative estimate of drug-likeness (QED) is 0.665. The molecular weight excluding hydrogens is 276 g/mol. The SMILES string of the molecule is CC(C)(OC(=O)c1ccc(N)c(Cl)c1)C1CCNCC1. The monoisotopic (exact) mass is 296 g/mol. The highest BCUT2D eigenvalue weighted by Gasteiger charge is 2.34. The highest BCUT2D eigenvalue weighted by atomic mass is 35.5. The third-order valence-electron chi connectivity index (χ3n) is 3.91. The molecule has 1 aromatic rings. The summed E-state index contributed by atoms with van der Waals surface area (Å²) in [5.74, 6) is 0.0207. The van der Waals surface area contributed by atoms with E-state index in [4.69, 9.17) is 22.1 Å². The first-order valence-corrected chi connectivity index (χ1v) is 7.27. The fourth-order valence-corrected chi connectivity index (χ4v) is 2.73. The largest absolute Gasteiger partial charge is 0.456 e. The van der Waals surface area contributed by atoms with Crippen LogP contribution in [-0.4, -0.2) is 24.7 Å². The van der Waals surface area contributed by atoms with E-state index in [1.54, 1.807) is 18.2 Å². The molecule has 1 aliphatic rings. The molecule has 4 nitrogen and oxygen atoms in total. The second kappa shape index (κ2) is 6.02. The average molecular weight is 297 g/mol. The Balaban J connectivity index is 2.07. The van der Waals surface area contributed by atoms with Crippen LogP contribution in [0, 0.1) is 5.92 Å². The summed E-state index contributed by atoms with van der Waals surface area (Å²) in [5, 5.41) is 3.69. The number of hydrogen-bond acceptors (Lipinski definition) is 4. The molecule has 0 unspecified atom stereocenters. The number of benzene rings is 1. The van der Waals surface area contributed by atoms with Gasteiger partial charge in [-0.2, -0.15) is 0 Å². The van der Waals surface area contributed by atoms with Crippen molar-refractivity contribution < 1.29 is 9.53 Å². The second-order valence-electron chi connectivity index (χ2n) is 5.75. The zero-order valence-corrected chi connectivity index (χ0v) is 12.7. The summed E-state index contributed by atoms with van der Waals surface area (Å²) < 4.78 is 5.69. The van der Waals surface area contributed by atoms with E-state index in [-0.39, 0.29) is 5.97 Å². The molecule has 1 aliphatic heterocycles. The van der Waals surface area contributed by atoms with E-state index in [1.807, 2.05) is 13.8 Å². The Labute approximate surface area is 124 Å². The van der Waals surface area contributed by atoms with Gasteiger partial charge in [0.15, 0.2) is 0 Å². The number of carbonyl (C=O) groups excluding carboxylic acids is 1. The molecule has 20 heavy (non-hydrogen) atoms. The van der Waals surface area contributed by atoms with E-state index in [1.165, 1.54) is 0 Å². The molecular formula is C15H21ClN2O2. The second-order valence-corrected chi connectivity index (χ2v) is 6.16. The number of carbonyl (C=O) groups is 1. The van der Waals surface area contributed by atoms with Crippen LogP contribution >= 0.6 is 11.6 Å². The summed E-state index contributed by atoms with van der Waals surface area (Å²) in [5.41, 5.74) is 6.06. The number of nitrogen functional groups attached to an aromatic ring is 1. The van der Waals surface area contributed by atoms with Gasteiger partial charge in [0.2, 0.25) is 0 Å². The first-order chi connectivity index (χ1) is 9.40. The molecule has 2 rings (SSSR count). The zero-order chi connectivity index (χ0) is 14.8. The molecule has 0 atom stereocenters. The third-order valence-corrected chi connectivity index (χ3v) is 4.24. The predicted molar refractivity (Wildman–Crippen MR) is 81.0 cm³/mol. The Hall–Kier alpha value is -1.26. The number of rotatable bonds is 3. The smallest absolute Gasteiger partial charge is 0.338 e. The molecule has 0 radical (unpaired) electrons. The van der Waals surface area contributed by atoms with Crippen molar-refractivity contribution in [2.75, 3.05) is 18.8 Å². The molecule has 0 aromatic heterocycles. The molecule has 3 N–H and O–H groups in total. The number of ether oxygens (including phenoxy) is 1. The van der Waals surface area contributed by atoms with Gasteiger partial charge in [0.1, 0.15) is 5.60 Å². The van der Waals surface area contributed by atoms with Crippen LogP contribution in [0.4, 0.5) is 5.69 Å². The highest BCUT2D eigenvalue weighted by Crippen LogP contribution is 2.30. The molecule has 0 aliphatic carbocycles. The maximum Gasteiger partial charge on any atom is 0.338 e. The summed E-state index contributed by atoms with van der Waals surface area (Å²) in [6.45, 7) is 5.89. The lowest BCUT2D eigenvalue weighted by atomic mass is 9.83. The first kappa shape index (κ1) is 15.1. The normalized spacial score (nSPS) is 16.9. The molecule has 1 fully saturated rings. The van der Waals surface area contributed by atoms with Crippen molar-refractivity contribution in [3.8, 4) is 0 Å². The van der Waals surface area contributed by atoms with Gasteiger partial charge in [-0.1, -0.05) is 11.6 Å². The van der Waals surface area contributed by atoms with Crippen molar-refractivity contribution in [3.05, 3.63) is 28.8 Å². The molecule has 1 saturated heterocycles. The average Bonchev–Trinajstić information content (AvgIpc) is 2.42. The van der Waals surface area contributed by atoms with Gasteiger partial charge in [-0.05, 0) is 58.0 Å². The minimum absolute atomic E-state index is 0.351. The molecule has 0 saturated carbocycles. The van der Waals surface area contributed by atoms with Gasteiger partial charge in [-0.3, -0.25) is 0 Å². The van der Waals surface area contributed by atoms with Gasteiger partial charge >= 0.3 is 5.97 Å². The molecule has 0 bridgehead atoms. The van der Waals surface area contributed by atoms with Crippen LogP contribution in [0.1, 0.15) is 37.0 Å². The molecule has 0 spiro atoms. The summed E-state index contributed by atoms with van der Waals surface area (Å²) in [6.07, 6.45) is 2.03. The van der Waals surface area contributed by atoms with Gasteiger partial charge in [0, 0.05) is 5.92 Å². The van der Waals surface area contributed by atoms with Crippen LogP contribution in [-0.2, 0) is 4.74 Å². The van der Waals surface area contributed by atoms with Crippen molar-refractivity contribution in [1.82, 2.24) is 5.32 Å². The van der Waals surface area contributed by atoms with E-state index < -0.39 is 5.60 Å². The van der Waals surface area contributed by atoms with Crippen molar-refractivity contribution in [2.45, 2.75) is 32.3 Å². The van der Waals surface area contributed by atoms with E-state index in [2.05, 4.69) is 5.32 Å². The standard InChI is InChI=1S/C15H21ClN2O2/c1-15(2,11-5-7-18-8-6-11)20-14(19)10-3-4-13(17)12(16)9-10/h3-4,9,11,18H,5-8,17H2,1-2H3. The lowest BCUT2D eigenvalue weighted by Crippen LogP contribution is -2.42. The number of hydrogen-bond donors (Lipinski definition) is 2. The van der Waals surface area contributed by atoms with Crippen LogP contribution in [0.25, 0.3) is 0 Å². The highest BCUT2D eigenvalue weighted by molar-refractivity contribution is 6.33. The van der Waals surface area contributed by atoms with Crippen molar-refractivity contribution in [1.29, 1.82) is 0 Å². The van der Waals surface area contributed by atoms with Crippen molar-refractivity contribution in [3.63, 3.8) is 0 Å². The van der Waals surface area contributed by atoms with Gasteiger partial charge in [-0.25, -0.2) is 4.79 Å². The zero-order valence-electron chi connectivity index (χ0n) is 11.9. The minimum Gasteiger partial charge on any atom is -0.456 e. The maximum atomic E-state index is 12.2. The van der Waals surface area contributed by atoms with Crippen LogP contribution in [0.15, 0.2) is 18.2 Å². The molecule has 0 amide bonds. The van der Waals surface area contributed by atoms with Crippen molar-refractivity contribution in [2.24, 2.45) is 5.92 Å². The van der Waals surface area contributed by atoms with Crippen LogP contribution in [0.2, 0.25) is 5.02 Å². The molecule has 1 aromatic carbocycles. The summed E-state index contributed by atoms with van der Waals surface area (Å²) in [4.78, 5) is 12.2. The number of anilines is 1. The van der Waals surface area contributed by atoms with Gasteiger partial charge in [0.05, 0.1) is 16.3 Å². The first-order valence-electron chi connectivity index (χ1n) is 6.89. The van der Waals surface area contributed by atoms with E-state index in [9.17, 15) is 4.79 Å². The lowest BCUT2D eigenvalue weighted by molar-refractivity contribution is -0.0368. The number of halogens is 1. The Morgan fingerprint density at radius 3 is 2.65 bits per heavy atom. The van der Waals surface area contributed by atoms with Crippen molar-refractivity contribution >= 4 is 23.3 Å². The molecule has 5 heteroatoms. The molecule has 110 valence electrons. The third kappa shape index (κ3) is 3.44.